The van der Waals surface area contributed by atoms with Gasteiger partial charge in [0.05, 0.1) is 24.1 Å². The summed E-state index contributed by atoms with van der Waals surface area (Å²) in [5, 5.41) is 19.3. The quantitative estimate of drug-likeness (QED) is 0.769. The average molecular weight is 408 g/mol. The van der Waals surface area contributed by atoms with Crippen molar-refractivity contribution in [2.45, 2.75) is 81.4 Å². The highest BCUT2D eigenvalue weighted by molar-refractivity contribution is 5.25. The summed E-state index contributed by atoms with van der Waals surface area (Å²) in [7, 11) is 0. The number of likely N-dealkylation sites (tertiary alicyclic amines) is 2. The summed E-state index contributed by atoms with van der Waals surface area (Å²) in [6.45, 7) is 4.47. The van der Waals surface area contributed by atoms with E-state index in [-0.39, 0.29) is 11.6 Å². The molecule has 1 aromatic carbocycles. The minimum atomic E-state index is -0.0848. The third kappa shape index (κ3) is 4.17. The van der Waals surface area contributed by atoms with Crippen LogP contribution in [0.15, 0.2) is 30.3 Å². The van der Waals surface area contributed by atoms with Crippen molar-refractivity contribution in [2.75, 3.05) is 26.2 Å². The standard InChI is InChI=1S/C26H37N3O/c27-13-12-26(18-28(19-26)23-6-8-24(30)9-7-23)29-14-10-20(11-15-29)16-22-17-25(22)21-4-2-1-3-5-21/h1-5,20,22-25,30H,6-12,14-19H2/t22-,23?,24?,25?/m1/s1. The van der Waals surface area contributed by atoms with Crippen LogP contribution in [0.1, 0.15) is 69.3 Å². The number of piperidine rings is 1. The van der Waals surface area contributed by atoms with Crippen LogP contribution >= 0.6 is 0 Å². The first-order valence-corrected chi connectivity index (χ1v) is 12.3. The fourth-order valence-corrected chi connectivity index (χ4v) is 6.65. The van der Waals surface area contributed by atoms with Crippen LogP contribution in [-0.4, -0.2) is 58.8 Å². The van der Waals surface area contributed by atoms with E-state index in [9.17, 15) is 10.4 Å². The van der Waals surface area contributed by atoms with Gasteiger partial charge in [0.25, 0.3) is 0 Å². The van der Waals surface area contributed by atoms with Gasteiger partial charge in [-0.3, -0.25) is 9.80 Å². The first-order valence-electron chi connectivity index (χ1n) is 12.3. The summed E-state index contributed by atoms with van der Waals surface area (Å²) in [5.74, 6) is 2.58. The van der Waals surface area contributed by atoms with Gasteiger partial charge >= 0.3 is 0 Å². The smallest absolute Gasteiger partial charge is 0.0642 e. The topological polar surface area (TPSA) is 50.5 Å². The second-order valence-corrected chi connectivity index (χ2v) is 10.6. The fourth-order valence-electron chi connectivity index (χ4n) is 6.65. The maximum absolute atomic E-state index is 9.79. The molecule has 2 saturated heterocycles. The number of aliphatic hydroxyl groups excluding tert-OH is 1. The SMILES string of the molecule is N#CCC1(N2CCC(C[C@@H]3CC3c3ccccc3)CC2)CN(C2CCC(O)CC2)C1. The van der Waals surface area contributed by atoms with E-state index < -0.39 is 0 Å². The summed E-state index contributed by atoms with van der Waals surface area (Å²) in [6, 6.07) is 14.2. The molecule has 4 heteroatoms. The molecule has 2 aliphatic carbocycles. The molecular formula is C26H37N3O. The van der Waals surface area contributed by atoms with Crippen LogP contribution in [0.4, 0.5) is 0 Å². The van der Waals surface area contributed by atoms with Gasteiger partial charge in [0.2, 0.25) is 0 Å². The van der Waals surface area contributed by atoms with Gasteiger partial charge in [-0.2, -0.15) is 5.26 Å². The van der Waals surface area contributed by atoms with Crippen LogP contribution in [0.3, 0.4) is 0 Å². The van der Waals surface area contributed by atoms with Gasteiger partial charge in [-0.25, -0.2) is 0 Å². The van der Waals surface area contributed by atoms with Crippen molar-refractivity contribution in [3.05, 3.63) is 35.9 Å². The molecule has 1 aromatic rings. The Bertz CT molecular complexity index is 737. The highest BCUT2D eigenvalue weighted by Crippen LogP contribution is 2.52. The lowest BCUT2D eigenvalue weighted by Crippen LogP contribution is -2.72. The number of benzene rings is 1. The lowest BCUT2D eigenvalue weighted by Gasteiger charge is -2.59. The zero-order chi connectivity index (χ0) is 20.6. The summed E-state index contributed by atoms with van der Waals surface area (Å²) < 4.78 is 0. The van der Waals surface area contributed by atoms with Crippen molar-refractivity contribution < 1.29 is 5.11 Å². The average Bonchev–Trinajstić information content (AvgIpc) is 3.52. The summed E-state index contributed by atoms with van der Waals surface area (Å²) in [5.41, 5.74) is 1.64. The molecule has 2 atom stereocenters. The predicted octanol–water partition coefficient (Wildman–Crippen LogP) is 4.16. The predicted molar refractivity (Wildman–Crippen MR) is 119 cm³/mol. The molecule has 2 aliphatic heterocycles. The normalized spacial score (nSPS) is 34.8. The molecule has 5 rings (SSSR count). The van der Waals surface area contributed by atoms with Gasteiger partial charge < -0.3 is 5.11 Å². The molecule has 2 saturated carbocycles. The van der Waals surface area contributed by atoms with E-state index in [1.807, 2.05) is 0 Å². The molecule has 0 bridgehead atoms. The third-order valence-corrected chi connectivity index (χ3v) is 8.66. The van der Waals surface area contributed by atoms with Crippen molar-refractivity contribution in [3.8, 4) is 6.07 Å². The van der Waals surface area contributed by atoms with Crippen LogP contribution in [0, 0.1) is 23.2 Å². The van der Waals surface area contributed by atoms with E-state index in [0.717, 1.165) is 56.5 Å². The molecule has 2 heterocycles. The Morgan fingerprint density at radius 2 is 1.70 bits per heavy atom. The molecule has 4 nitrogen and oxygen atoms in total. The first-order chi connectivity index (χ1) is 14.7. The molecule has 0 aromatic heterocycles. The maximum Gasteiger partial charge on any atom is 0.0642 e. The molecule has 0 spiro atoms. The Morgan fingerprint density at radius 1 is 1.00 bits per heavy atom. The molecule has 4 aliphatic rings. The van der Waals surface area contributed by atoms with Crippen LogP contribution in [0.25, 0.3) is 0 Å². The minimum Gasteiger partial charge on any atom is -0.393 e. The van der Waals surface area contributed by atoms with E-state index in [1.165, 1.54) is 44.3 Å². The Kier molecular flexibility index (Phi) is 5.88. The van der Waals surface area contributed by atoms with Crippen molar-refractivity contribution in [3.63, 3.8) is 0 Å². The fraction of sp³-hybridized carbons (Fsp3) is 0.731. The molecule has 1 N–H and O–H groups in total. The summed E-state index contributed by atoms with van der Waals surface area (Å²) >= 11 is 0. The van der Waals surface area contributed by atoms with Crippen LogP contribution in [0.5, 0.6) is 0 Å². The zero-order valence-corrected chi connectivity index (χ0v) is 18.3. The summed E-state index contributed by atoms with van der Waals surface area (Å²) in [4.78, 5) is 5.27. The highest BCUT2D eigenvalue weighted by atomic mass is 16.3. The molecule has 162 valence electrons. The highest BCUT2D eigenvalue weighted by Gasteiger charge is 2.50. The van der Waals surface area contributed by atoms with E-state index in [1.54, 1.807) is 0 Å². The number of hydrogen-bond acceptors (Lipinski definition) is 4. The lowest BCUT2D eigenvalue weighted by molar-refractivity contribution is -0.0944. The van der Waals surface area contributed by atoms with Crippen molar-refractivity contribution in [1.29, 1.82) is 5.26 Å². The molecule has 0 amide bonds. The van der Waals surface area contributed by atoms with Gasteiger partial charge in [0, 0.05) is 19.1 Å². The van der Waals surface area contributed by atoms with E-state index in [2.05, 4.69) is 46.2 Å². The van der Waals surface area contributed by atoms with Gasteiger partial charge in [-0.1, -0.05) is 30.3 Å². The van der Waals surface area contributed by atoms with E-state index in [4.69, 9.17) is 0 Å². The van der Waals surface area contributed by atoms with E-state index >= 15 is 0 Å². The molecule has 4 fully saturated rings. The Balaban J connectivity index is 1.10. The van der Waals surface area contributed by atoms with E-state index in [0.29, 0.717) is 12.5 Å². The zero-order valence-electron chi connectivity index (χ0n) is 18.3. The van der Waals surface area contributed by atoms with Gasteiger partial charge in [-0.15, -0.1) is 0 Å². The van der Waals surface area contributed by atoms with Gasteiger partial charge in [0.15, 0.2) is 0 Å². The second kappa shape index (κ2) is 8.61. The Labute approximate surface area is 181 Å². The van der Waals surface area contributed by atoms with Crippen molar-refractivity contribution in [1.82, 2.24) is 9.80 Å². The van der Waals surface area contributed by atoms with Crippen molar-refractivity contribution in [2.24, 2.45) is 11.8 Å². The number of hydrogen-bond donors (Lipinski definition) is 1. The lowest BCUT2D eigenvalue weighted by atomic mass is 9.78. The Morgan fingerprint density at radius 3 is 2.37 bits per heavy atom. The number of nitriles is 1. The van der Waals surface area contributed by atoms with Crippen LogP contribution < -0.4 is 0 Å². The van der Waals surface area contributed by atoms with Crippen LogP contribution in [-0.2, 0) is 0 Å². The third-order valence-electron chi connectivity index (χ3n) is 8.66. The molecule has 30 heavy (non-hydrogen) atoms. The maximum atomic E-state index is 9.79. The van der Waals surface area contributed by atoms with Gasteiger partial charge in [0.1, 0.15) is 0 Å². The molecular weight excluding hydrogens is 370 g/mol. The van der Waals surface area contributed by atoms with Crippen LogP contribution in [0.2, 0.25) is 0 Å². The number of nitrogens with zero attached hydrogens (tertiary/aromatic N) is 3. The van der Waals surface area contributed by atoms with Gasteiger partial charge in [-0.05, 0) is 87.8 Å². The number of aliphatic hydroxyl groups is 1. The molecule has 1 unspecified atom stereocenters. The second-order valence-electron chi connectivity index (χ2n) is 10.6. The van der Waals surface area contributed by atoms with Crippen molar-refractivity contribution >= 4 is 0 Å². The monoisotopic (exact) mass is 407 g/mol. The summed E-state index contributed by atoms with van der Waals surface area (Å²) in [6.07, 6.45) is 10.1. The number of rotatable bonds is 6. The first kappa shape index (κ1) is 20.5. The largest absolute Gasteiger partial charge is 0.393 e. The molecule has 0 radical (unpaired) electrons. The Hall–Kier alpha value is -1.41. The minimum absolute atomic E-state index is 0.0848.